The summed E-state index contributed by atoms with van der Waals surface area (Å²) in [5, 5.41) is 0. The second-order valence-corrected chi connectivity index (χ2v) is 5.53. The summed E-state index contributed by atoms with van der Waals surface area (Å²) < 4.78 is 0. The Morgan fingerprint density at radius 3 is 2.52 bits per heavy atom. The standard InChI is InChI=1S/C18H23N3O.ClH/c1-3-21(18(22)11-14(2)19)13-15-5-4-6-17(12-15)16-7-9-20-10-8-16;/h4-10,12,14H,3,11,13,19H2,1-2H3;1H. The summed E-state index contributed by atoms with van der Waals surface area (Å²) in [4.78, 5) is 18.1. The maximum absolute atomic E-state index is 12.2. The van der Waals surface area contributed by atoms with Crippen LogP contribution in [0.25, 0.3) is 11.1 Å². The summed E-state index contributed by atoms with van der Waals surface area (Å²) in [6, 6.07) is 12.1. The summed E-state index contributed by atoms with van der Waals surface area (Å²) in [7, 11) is 0. The van der Waals surface area contributed by atoms with E-state index in [1.807, 2.05) is 43.0 Å². The molecule has 0 saturated carbocycles. The Balaban J connectivity index is 0.00000264. The van der Waals surface area contributed by atoms with Crippen molar-refractivity contribution in [2.45, 2.75) is 32.9 Å². The van der Waals surface area contributed by atoms with Crippen LogP contribution in [0.4, 0.5) is 0 Å². The molecule has 0 bridgehead atoms. The van der Waals surface area contributed by atoms with Crippen LogP contribution in [-0.2, 0) is 11.3 Å². The highest BCUT2D eigenvalue weighted by atomic mass is 35.5. The Kier molecular flexibility index (Phi) is 7.72. The van der Waals surface area contributed by atoms with E-state index in [1.54, 1.807) is 12.4 Å². The molecule has 0 aliphatic rings. The molecule has 23 heavy (non-hydrogen) atoms. The molecule has 1 unspecified atom stereocenters. The molecular formula is C18H24ClN3O. The number of amides is 1. The van der Waals surface area contributed by atoms with Gasteiger partial charge in [-0.1, -0.05) is 18.2 Å². The van der Waals surface area contributed by atoms with E-state index in [0.717, 1.165) is 16.7 Å². The molecule has 2 aromatic rings. The van der Waals surface area contributed by atoms with E-state index >= 15 is 0 Å². The lowest BCUT2D eigenvalue weighted by molar-refractivity contribution is -0.131. The van der Waals surface area contributed by atoms with E-state index in [4.69, 9.17) is 5.73 Å². The van der Waals surface area contributed by atoms with Crippen LogP contribution in [0.5, 0.6) is 0 Å². The fraction of sp³-hybridized carbons (Fsp3) is 0.333. The van der Waals surface area contributed by atoms with Gasteiger partial charge in [0.2, 0.25) is 5.91 Å². The lowest BCUT2D eigenvalue weighted by Gasteiger charge is -2.22. The van der Waals surface area contributed by atoms with Crippen molar-refractivity contribution >= 4 is 18.3 Å². The average molecular weight is 334 g/mol. The number of rotatable bonds is 6. The monoisotopic (exact) mass is 333 g/mol. The maximum atomic E-state index is 12.2. The number of hydrogen-bond donors (Lipinski definition) is 1. The third-order valence-electron chi connectivity index (χ3n) is 3.55. The van der Waals surface area contributed by atoms with Crippen LogP contribution in [0.3, 0.4) is 0 Å². The molecule has 1 aromatic carbocycles. The van der Waals surface area contributed by atoms with Gasteiger partial charge in [0.15, 0.2) is 0 Å². The van der Waals surface area contributed by atoms with Crippen molar-refractivity contribution in [3.05, 3.63) is 54.4 Å². The predicted octanol–water partition coefficient (Wildman–Crippen LogP) is 3.26. The van der Waals surface area contributed by atoms with Crippen LogP contribution in [0.15, 0.2) is 48.8 Å². The van der Waals surface area contributed by atoms with Crippen LogP contribution in [0, 0.1) is 0 Å². The molecule has 1 aromatic heterocycles. The summed E-state index contributed by atoms with van der Waals surface area (Å²) in [6.45, 7) is 5.15. The first kappa shape index (κ1) is 19.1. The summed E-state index contributed by atoms with van der Waals surface area (Å²) in [5.74, 6) is 0.104. The Morgan fingerprint density at radius 2 is 1.91 bits per heavy atom. The van der Waals surface area contributed by atoms with Crippen LogP contribution in [0.1, 0.15) is 25.8 Å². The first-order valence-corrected chi connectivity index (χ1v) is 7.63. The summed E-state index contributed by atoms with van der Waals surface area (Å²) >= 11 is 0. The van der Waals surface area contributed by atoms with Crippen molar-refractivity contribution in [3.63, 3.8) is 0 Å². The topological polar surface area (TPSA) is 59.2 Å². The molecule has 124 valence electrons. The minimum Gasteiger partial charge on any atom is -0.339 e. The van der Waals surface area contributed by atoms with Crippen molar-refractivity contribution in [3.8, 4) is 11.1 Å². The van der Waals surface area contributed by atoms with Crippen molar-refractivity contribution in [1.82, 2.24) is 9.88 Å². The normalized spacial score (nSPS) is 11.4. The average Bonchev–Trinajstić information content (AvgIpc) is 2.53. The molecule has 0 saturated heterocycles. The van der Waals surface area contributed by atoms with Crippen LogP contribution in [0.2, 0.25) is 0 Å². The molecule has 0 spiro atoms. The zero-order chi connectivity index (χ0) is 15.9. The molecule has 1 heterocycles. The third kappa shape index (κ3) is 5.66. The van der Waals surface area contributed by atoms with Gasteiger partial charge in [0.25, 0.3) is 0 Å². The first-order valence-electron chi connectivity index (χ1n) is 7.63. The smallest absolute Gasteiger partial charge is 0.224 e. The molecule has 0 aliphatic carbocycles. The molecular weight excluding hydrogens is 310 g/mol. The maximum Gasteiger partial charge on any atom is 0.224 e. The van der Waals surface area contributed by atoms with Crippen molar-refractivity contribution in [2.75, 3.05) is 6.54 Å². The molecule has 1 atom stereocenters. The number of halogens is 1. The van der Waals surface area contributed by atoms with Gasteiger partial charge in [0.05, 0.1) is 0 Å². The van der Waals surface area contributed by atoms with E-state index in [0.29, 0.717) is 19.5 Å². The van der Waals surface area contributed by atoms with E-state index in [2.05, 4.69) is 17.1 Å². The van der Waals surface area contributed by atoms with E-state index < -0.39 is 0 Å². The highest BCUT2D eigenvalue weighted by Crippen LogP contribution is 2.20. The number of nitrogens with zero attached hydrogens (tertiary/aromatic N) is 2. The van der Waals surface area contributed by atoms with E-state index in [-0.39, 0.29) is 24.4 Å². The summed E-state index contributed by atoms with van der Waals surface area (Å²) in [5.41, 5.74) is 9.11. The number of carbonyl (C=O) groups excluding carboxylic acids is 1. The highest BCUT2D eigenvalue weighted by Gasteiger charge is 2.14. The fourth-order valence-corrected chi connectivity index (χ4v) is 2.39. The SMILES string of the molecule is CCN(Cc1cccc(-c2ccncc2)c1)C(=O)CC(C)N.Cl. The predicted molar refractivity (Wildman–Crippen MR) is 96.3 cm³/mol. The first-order chi connectivity index (χ1) is 10.6. The van der Waals surface area contributed by atoms with Gasteiger partial charge in [-0.05, 0) is 48.7 Å². The minimum absolute atomic E-state index is 0. The molecule has 1 amide bonds. The van der Waals surface area contributed by atoms with Gasteiger partial charge in [0.1, 0.15) is 0 Å². The van der Waals surface area contributed by atoms with Gasteiger partial charge < -0.3 is 10.6 Å². The Morgan fingerprint density at radius 1 is 1.22 bits per heavy atom. The molecule has 0 fully saturated rings. The van der Waals surface area contributed by atoms with Gasteiger partial charge in [-0.25, -0.2) is 0 Å². The number of benzene rings is 1. The van der Waals surface area contributed by atoms with Gasteiger partial charge in [-0.2, -0.15) is 0 Å². The van der Waals surface area contributed by atoms with E-state index in [9.17, 15) is 4.79 Å². The number of hydrogen-bond acceptors (Lipinski definition) is 3. The minimum atomic E-state index is -0.107. The molecule has 0 radical (unpaired) electrons. The Bertz CT molecular complexity index is 617. The van der Waals surface area contributed by atoms with Gasteiger partial charge in [-0.3, -0.25) is 9.78 Å². The van der Waals surface area contributed by atoms with E-state index in [1.165, 1.54) is 0 Å². The van der Waals surface area contributed by atoms with Gasteiger partial charge in [0, 0.05) is 37.9 Å². The molecule has 2 N–H and O–H groups in total. The molecule has 5 heteroatoms. The number of carbonyl (C=O) groups is 1. The second kappa shape index (κ2) is 9.28. The number of pyridine rings is 1. The summed E-state index contributed by atoms with van der Waals surface area (Å²) in [6.07, 6.45) is 3.96. The zero-order valence-corrected chi connectivity index (χ0v) is 14.4. The highest BCUT2D eigenvalue weighted by molar-refractivity contribution is 5.85. The second-order valence-electron chi connectivity index (χ2n) is 5.53. The van der Waals surface area contributed by atoms with Crippen molar-refractivity contribution in [2.24, 2.45) is 5.73 Å². The van der Waals surface area contributed by atoms with Crippen LogP contribution >= 0.6 is 12.4 Å². The van der Waals surface area contributed by atoms with Crippen molar-refractivity contribution in [1.29, 1.82) is 0 Å². The quantitative estimate of drug-likeness (QED) is 0.882. The largest absolute Gasteiger partial charge is 0.339 e. The van der Waals surface area contributed by atoms with Gasteiger partial charge >= 0.3 is 0 Å². The zero-order valence-electron chi connectivity index (χ0n) is 13.6. The fourth-order valence-electron chi connectivity index (χ4n) is 2.39. The van der Waals surface area contributed by atoms with Crippen LogP contribution < -0.4 is 5.73 Å². The molecule has 2 rings (SSSR count). The molecule has 4 nitrogen and oxygen atoms in total. The van der Waals surface area contributed by atoms with Crippen molar-refractivity contribution < 1.29 is 4.79 Å². The lowest BCUT2D eigenvalue weighted by atomic mass is 10.0. The number of nitrogens with two attached hydrogens (primary N) is 1. The molecule has 0 aliphatic heterocycles. The number of aromatic nitrogens is 1. The lowest BCUT2D eigenvalue weighted by Crippen LogP contribution is -2.34. The van der Waals surface area contributed by atoms with Gasteiger partial charge in [-0.15, -0.1) is 12.4 Å². The third-order valence-corrected chi connectivity index (χ3v) is 3.55. The Labute approximate surface area is 144 Å². The Hall–Kier alpha value is -1.91. The van der Waals surface area contributed by atoms with Crippen LogP contribution in [-0.4, -0.2) is 28.4 Å².